The molecule has 1 rings (SSSR count). The summed E-state index contributed by atoms with van der Waals surface area (Å²) in [5.74, 6) is -1.18. The Hall–Kier alpha value is -0.520. The predicted octanol–water partition coefficient (Wildman–Crippen LogP) is 6.25. The Morgan fingerprint density at radius 1 is 1.07 bits per heavy atom. The molecule has 0 heterocycles. The lowest BCUT2D eigenvalue weighted by Crippen LogP contribution is -2.25. The van der Waals surface area contributed by atoms with Crippen LogP contribution in [-0.2, 0) is 20.7 Å². The van der Waals surface area contributed by atoms with Crippen LogP contribution in [0, 0.1) is 0 Å². The third-order valence-electron chi connectivity index (χ3n) is 4.42. The predicted molar refractivity (Wildman–Crippen MR) is 111 cm³/mol. The Morgan fingerprint density at radius 2 is 1.70 bits per heavy atom. The van der Waals surface area contributed by atoms with Gasteiger partial charge in [-0.2, -0.15) is 0 Å². The van der Waals surface area contributed by atoms with E-state index >= 15 is 0 Å². The first-order valence-electron chi connectivity index (χ1n) is 9.31. The molecule has 27 heavy (non-hydrogen) atoms. The molecule has 0 bridgehead atoms. The normalized spacial score (nSPS) is 12.9. The fraction of sp³-hybridized carbons (Fsp3) is 0.650. The van der Waals surface area contributed by atoms with Crippen molar-refractivity contribution in [2.24, 2.45) is 0 Å². The van der Waals surface area contributed by atoms with Crippen LogP contribution in [0.3, 0.4) is 0 Å². The minimum Gasteiger partial charge on any atom is -0.479 e. The highest BCUT2D eigenvalue weighted by Gasteiger charge is 2.32. The van der Waals surface area contributed by atoms with Gasteiger partial charge in [-0.05, 0) is 49.8 Å². The Kier molecular flexibility index (Phi) is 12.4. The van der Waals surface area contributed by atoms with E-state index in [2.05, 4.69) is 0 Å². The molecule has 0 aromatic heterocycles. The first kappa shape index (κ1) is 24.5. The van der Waals surface area contributed by atoms with Crippen LogP contribution >= 0.6 is 34.8 Å². The second kappa shape index (κ2) is 13.6. The number of hydrogen-bond acceptors (Lipinski definition) is 3. The summed E-state index contributed by atoms with van der Waals surface area (Å²) >= 11 is 17.4. The van der Waals surface area contributed by atoms with Gasteiger partial charge >= 0.3 is 5.97 Å². The minimum atomic E-state index is -1.67. The minimum absolute atomic E-state index is 0.158. The summed E-state index contributed by atoms with van der Waals surface area (Å²) in [5.41, 5.74) is 1.24. The molecule has 0 radical (unpaired) electrons. The SMILES string of the molecule is COCOC(CCCCCCCC(Cl)(Cl)C(=O)O)CCc1ccc(Cl)cc1. The number of aryl methyl sites for hydroxylation is 1. The summed E-state index contributed by atoms with van der Waals surface area (Å²) in [5, 5.41) is 9.61. The number of hydrogen-bond donors (Lipinski definition) is 1. The standard InChI is InChI=1S/C20H29Cl3O4/c1-26-15-27-18(13-10-16-8-11-17(21)12-9-16)7-5-3-2-4-6-14-20(22,23)19(24)25/h8-9,11-12,18H,2-7,10,13-15H2,1H3,(H,24,25). The fourth-order valence-corrected chi connectivity index (χ4v) is 3.20. The third-order valence-corrected chi connectivity index (χ3v) is 5.37. The van der Waals surface area contributed by atoms with Crippen molar-refractivity contribution < 1.29 is 19.4 Å². The largest absolute Gasteiger partial charge is 0.479 e. The second-order valence-corrected chi connectivity index (χ2v) is 8.60. The summed E-state index contributed by atoms with van der Waals surface area (Å²) in [7, 11) is 1.63. The smallest absolute Gasteiger partial charge is 0.340 e. The number of benzene rings is 1. The number of alkyl halides is 2. The summed E-state index contributed by atoms with van der Waals surface area (Å²) in [4.78, 5) is 10.8. The number of carboxylic acids is 1. The van der Waals surface area contributed by atoms with Gasteiger partial charge < -0.3 is 14.6 Å². The topological polar surface area (TPSA) is 55.8 Å². The van der Waals surface area contributed by atoms with Crippen LogP contribution in [0.4, 0.5) is 0 Å². The van der Waals surface area contributed by atoms with E-state index in [4.69, 9.17) is 49.4 Å². The van der Waals surface area contributed by atoms with Crippen molar-refractivity contribution >= 4 is 40.8 Å². The maximum absolute atomic E-state index is 10.8. The van der Waals surface area contributed by atoms with Gasteiger partial charge in [0.1, 0.15) is 6.79 Å². The Bertz CT molecular complexity index is 535. The molecule has 4 nitrogen and oxygen atoms in total. The number of halogens is 3. The van der Waals surface area contributed by atoms with Gasteiger partial charge in [0.05, 0.1) is 6.10 Å². The molecule has 0 amide bonds. The van der Waals surface area contributed by atoms with E-state index in [1.165, 1.54) is 5.56 Å². The van der Waals surface area contributed by atoms with Gasteiger partial charge in [-0.15, -0.1) is 0 Å². The Labute approximate surface area is 177 Å². The maximum atomic E-state index is 10.8. The lowest BCUT2D eigenvalue weighted by molar-refractivity contribution is -0.138. The number of carboxylic acid groups (broad SMARTS) is 1. The summed E-state index contributed by atoms with van der Waals surface area (Å²) < 4.78 is 9.16. The van der Waals surface area contributed by atoms with Crippen molar-refractivity contribution in [2.45, 2.75) is 68.2 Å². The average molecular weight is 440 g/mol. The molecule has 154 valence electrons. The maximum Gasteiger partial charge on any atom is 0.340 e. The summed E-state index contributed by atoms with van der Waals surface area (Å²) in [6, 6.07) is 7.90. The highest BCUT2D eigenvalue weighted by atomic mass is 35.5. The van der Waals surface area contributed by atoms with E-state index in [9.17, 15) is 4.79 Å². The molecule has 0 saturated carbocycles. The van der Waals surface area contributed by atoms with Gasteiger partial charge in [-0.3, -0.25) is 0 Å². The van der Waals surface area contributed by atoms with Crippen LogP contribution in [0.15, 0.2) is 24.3 Å². The van der Waals surface area contributed by atoms with E-state index in [1.54, 1.807) is 7.11 Å². The molecule has 0 saturated heterocycles. The Morgan fingerprint density at radius 3 is 2.33 bits per heavy atom. The molecule has 1 unspecified atom stereocenters. The van der Waals surface area contributed by atoms with Gasteiger partial charge in [0, 0.05) is 12.1 Å². The van der Waals surface area contributed by atoms with Crippen molar-refractivity contribution in [2.75, 3.05) is 13.9 Å². The number of unbranched alkanes of at least 4 members (excludes halogenated alkanes) is 4. The number of aliphatic carboxylic acids is 1. The molecule has 1 aromatic carbocycles. The first-order valence-corrected chi connectivity index (χ1v) is 10.4. The fourth-order valence-electron chi connectivity index (χ4n) is 2.81. The van der Waals surface area contributed by atoms with E-state index in [-0.39, 0.29) is 12.5 Å². The number of ether oxygens (including phenoxy) is 2. The molecule has 0 fully saturated rings. The first-order chi connectivity index (χ1) is 12.8. The van der Waals surface area contributed by atoms with Crippen molar-refractivity contribution in [1.82, 2.24) is 0 Å². The molecular weight excluding hydrogens is 411 g/mol. The quantitative estimate of drug-likeness (QED) is 0.199. The van der Waals surface area contributed by atoms with Crippen molar-refractivity contribution in [3.63, 3.8) is 0 Å². The van der Waals surface area contributed by atoms with Crippen LogP contribution in [0.5, 0.6) is 0 Å². The molecule has 1 atom stereocenters. The molecule has 0 aliphatic carbocycles. The Balaban J connectivity index is 2.21. The molecule has 1 aromatic rings. The lowest BCUT2D eigenvalue weighted by Gasteiger charge is -2.17. The van der Waals surface area contributed by atoms with Gasteiger partial charge in [-0.1, -0.05) is 72.6 Å². The molecule has 1 N–H and O–H groups in total. The zero-order chi connectivity index (χ0) is 20.1. The zero-order valence-electron chi connectivity index (χ0n) is 15.8. The van der Waals surface area contributed by atoms with E-state index in [1.807, 2.05) is 24.3 Å². The molecule has 0 aliphatic rings. The van der Waals surface area contributed by atoms with E-state index in [0.717, 1.165) is 50.0 Å². The van der Waals surface area contributed by atoms with Crippen molar-refractivity contribution in [3.8, 4) is 0 Å². The van der Waals surface area contributed by atoms with Crippen LogP contribution in [0.1, 0.15) is 56.9 Å². The summed E-state index contributed by atoms with van der Waals surface area (Å²) in [6.45, 7) is 0.300. The number of methoxy groups -OCH3 is 1. The molecule has 0 aliphatic heterocycles. The monoisotopic (exact) mass is 438 g/mol. The van der Waals surface area contributed by atoms with Gasteiger partial charge in [0.15, 0.2) is 0 Å². The van der Waals surface area contributed by atoms with Gasteiger partial charge in [0.2, 0.25) is 4.33 Å². The second-order valence-electron chi connectivity index (χ2n) is 6.68. The highest BCUT2D eigenvalue weighted by Crippen LogP contribution is 2.28. The third kappa shape index (κ3) is 11.2. The van der Waals surface area contributed by atoms with Gasteiger partial charge in [-0.25, -0.2) is 4.79 Å². The van der Waals surface area contributed by atoms with Crippen LogP contribution in [0.2, 0.25) is 5.02 Å². The van der Waals surface area contributed by atoms with E-state index in [0.29, 0.717) is 13.2 Å². The van der Waals surface area contributed by atoms with Crippen LogP contribution in [0.25, 0.3) is 0 Å². The average Bonchev–Trinajstić information content (AvgIpc) is 2.63. The van der Waals surface area contributed by atoms with Crippen LogP contribution < -0.4 is 0 Å². The van der Waals surface area contributed by atoms with Crippen molar-refractivity contribution in [3.05, 3.63) is 34.9 Å². The zero-order valence-corrected chi connectivity index (χ0v) is 18.0. The number of carbonyl (C=O) groups is 1. The van der Waals surface area contributed by atoms with Gasteiger partial charge in [0.25, 0.3) is 0 Å². The molecule has 0 spiro atoms. The molecular formula is C20H29Cl3O4. The van der Waals surface area contributed by atoms with Crippen LogP contribution in [-0.4, -0.2) is 35.4 Å². The lowest BCUT2D eigenvalue weighted by atomic mass is 10.0. The van der Waals surface area contributed by atoms with Crippen molar-refractivity contribution in [1.29, 1.82) is 0 Å². The molecule has 7 heteroatoms. The highest BCUT2D eigenvalue weighted by molar-refractivity contribution is 6.57. The summed E-state index contributed by atoms with van der Waals surface area (Å²) in [6.07, 6.45) is 8.05. The number of rotatable bonds is 15. The van der Waals surface area contributed by atoms with E-state index < -0.39 is 10.3 Å².